The SMILES string of the molecule is CCCCN(CCBr)Cc1cccc(O)c1. The van der Waals surface area contributed by atoms with Crippen molar-refractivity contribution < 1.29 is 5.11 Å². The molecule has 0 heterocycles. The lowest BCUT2D eigenvalue weighted by Crippen LogP contribution is -2.26. The van der Waals surface area contributed by atoms with Crippen molar-refractivity contribution in [3.8, 4) is 5.75 Å². The van der Waals surface area contributed by atoms with Gasteiger partial charge in [0.05, 0.1) is 0 Å². The zero-order chi connectivity index (χ0) is 11.8. The van der Waals surface area contributed by atoms with Gasteiger partial charge in [-0.3, -0.25) is 4.90 Å². The number of alkyl halides is 1. The highest BCUT2D eigenvalue weighted by Gasteiger charge is 2.05. The summed E-state index contributed by atoms with van der Waals surface area (Å²) in [5.41, 5.74) is 1.18. The number of phenols is 1. The molecule has 0 amide bonds. The van der Waals surface area contributed by atoms with Crippen LogP contribution in [0.5, 0.6) is 5.75 Å². The molecule has 0 aliphatic heterocycles. The predicted octanol–water partition coefficient (Wildman–Crippen LogP) is 3.39. The zero-order valence-electron chi connectivity index (χ0n) is 9.82. The normalized spacial score (nSPS) is 10.9. The Morgan fingerprint density at radius 1 is 1.31 bits per heavy atom. The van der Waals surface area contributed by atoms with Gasteiger partial charge in [-0.15, -0.1) is 0 Å². The van der Waals surface area contributed by atoms with Crippen LogP contribution in [0.25, 0.3) is 0 Å². The monoisotopic (exact) mass is 285 g/mol. The average Bonchev–Trinajstić information content (AvgIpc) is 2.26. The third-order valence-electron chi connectivity index (χ3n) is 2.55. The number of benzene rings is 1. The number of aromatic hydroxyl groups is 1. The molecule has 0 aliphatic carbocycles. The van der Waals surface area contributed by atoms with E-state index in [1.54, 1.807) is 6.07 Å². The minimum absolute atomic E-state index is 0.354. The number of halogens is 1. The molecule has 0 bridgehead atoms. The fraction of sp³-hybridized carbons (Fsp3) is 0.538. The molecule has 2 nitrogen and oxygen atoms in total. The summed E-state index contributed by atoms with van der Waals surface area (Å²) < 4.78 is 0. The Balaban J connectivity index is 2.52. The van der Waals surface area contributed by atoms with Crippen molar-refractivity contribution in [3.63, 3.8) is 0 Å². The Hall–Kier alpha value is -0.540. The molecule has 1 aromatic carbocycles. The maximum absolute atomic E-state index is 9.40. The highest BCUT2D eigenvalue weighted by molar-refractivity contribution is 9.09. The van der Waals surface area contributed by atoms with Crippen LogP contribution in [0.1, 0.15) is 25.3 Å². The van der Waals surface area contributed by atoms with E-state index in [-0.39, 0.29) is 0 Å². The molecular formula is C13H20BrNO. The second kappa shape index (κ2) is 7.69. The molecule has 3 heteroatoms. The molecular weight excluding hydrogens is 266 g/mol. The Kier molecular flexibility index (Phi) is 6.50. The average molecular weight is 286 g/mol. The molecule has 0 spiro atoms. The maximum Gasteiger partial charge on any atom is 0.115 e. The van der Waals surface area contributed by atoms with E-state index in [1.165, 1.54) is 18.4 Å². The van der Waals surface area contributed by atoms with Crippen molar-refractivity contribution in [2.24, 2.45) is 0 Å². The standard InChI is InChI=1S/C13H20BrNO/c1-2-3-8-15(9-7-14)11-12-5-4-6-13(16)10-12/h4-6,10,16H,2-3,7-9,11H2,1H3. The van der Waals surface area contributed by atoms with E-state index < -0.39 is 0 Å². The second-order valence-electron chi connectivity index (χ2n) is 3.99. The first-order valence-electron chi connectivity index (χ1n) is 5.82. The van der Waals surface area contributed by atoms with Gasteiger partial charge in [-0.05, 0) is 30.7 Å². The van der Waals surface area contributed by atoms with Gasteiger partial charge in [0.25, 0.3) is 0 Å². The second-order valence-corrected chi connectivity index (χ2v) is 4.78. The van der Waals surface area contributed by atoms with Crippen molar-refractivity contribution in [1.82, 2.24) is 4.90 Å². The third-order valence-corrected chi connectivity index (χ3v) is 2.90. The molecule has 0 saturated heterocycles. The fourth-order valence-corrected chi connectivity index (χ4v) is 2.19. The van der Waals surface area contributed by atoms with E-state index in [1.807, 2.05) is 12.1 Å². The molecule has 1 rings (SSSR count). The summed E-state index contributed by atoms with van der Waals surface area (Å²) in [7, 11) is 0. The van der Waals surface area contributed by atoms with Gasteiger partial charge in [-0.25, -0.2) is 0 Å². The summed E-state index contributed by atoms with van der Waals surface area (Å²) >= 11 is 3.48. The largest absolute Gasteiger partial charge is 0.508 e. The summed E-state index contributed by atoms with van der Waals surface area (Å²) in [6, 6.07) is 7.52. The molecule has 90 valence electrons. The molecule has 0 saturated carbocycles. The van der Waals surface area contributed by atoms with E-state index in [0.717, 1.165) is 25.0 Å². The summed E-state index contributed by atoms with van der Waals surface area (Å²) in [4.78, 5) is 2.41. The summed E-state index contributed by atoms with van der Waals surface area (Å²) in [6.07, 6.45) is 2.45. The Morgan fingerprint density at radius 3 is 2.75 bits per heavy atom. The fourth-order valence-electron chi connectivity index (χ4n) is 1.68. The van der Waals surface area contributed by atoms with Crippen LogP contribution < -0.4 is 0 Å². The van der Waals surface area contributed by atoms with Crippen LogP contribution in [0, 0.1) is 0 Å². The number of rotatable bonds is 7. The van der Waals surface area contributed by atoms with Gasteiger partial charge in [0.15, 0.2) is 0 Å². The van der Waals surface area contributed by atoms with Gasteiger partial charge in [0, 0.05) is 18.4 Å². The van der Waals surface area contributed by atoms with Gasteiger partial charge in [-0.1, -0.05) is 41.4 Å². The first-order valence-corrected chi connectivity index (χ1v) is 6.94. The van der Waals surface area contributed by atoms with Crippen molar-refractivity contribution >= 4 is 15.9 Å². The Labute approximate surface area is 106 Å². The third kappa shape index (κ3) is 4.99. The van der Waals surface area contributed by atoms with Crippen LogP contribution >= 0.6 is 15.9 Å². The van der Waals surface area contributed by atoms with E-state index >= 15 is 0 Å². The van der Waals surface area contributed by atoms with E-state index in [4.69, 9.17) is 0 Å². The highest BCUT2D eigenvalue weighted by atomic mass is 79.9. The maximum atomic E-state index is 9.40. The van der Waals surface area contributed by atoms with Crippen molar-refractivity contribution in [2.45, 2.75) is 26.3 Å². The lowest BCUT2D eigenvalue weighted by atomic mass is 10.2. The molecule has 0 fully saturated rings. The smallest absolute Gasteiger partial charge is 0.115 e. The van der Waals surface area contributed by atoms with E-state index in [0.29, 0.717) is 5.75 Å². The van der Waals surface area contributed by atoms with Crippen molar-refractivity contribution in [3.05, 3.63) is 29.8 Å². The molecule has 0 aliphatic rings. The van der Waals surface area contributed by atoms with Gasteiger partial charge in [0.1, 0.15) is 5.75 Å². The van der Waals surface area contributed by atoms with Gasteiger partial charge < -0.3 is 5.11 Å². The first kappa shape index (κ1) is 13.5. The van der Waals surface area contributed by atoms with Gasteiger partial charge in [0.2, 0.25) is 0 Å². The number of unbranched alkanes of at least 4 members (excludes halogenated alkanes) is 1. The minimum Gasteiger partial charge on any atom is -0.508 e. The molecule has 0 atom stereocenters. The summed E-state index contributed by atoms with van der Waals surface area (Å²) in [5.74, 6) is 0.354. The van der Waals surface area contributed by atoms with Gasteiger partial charge >= 0.3 is 0 Å². The van der Waals surface area contributed by atoms with E-state index in [2.05, 4.69) is 33.8 Å². The van der Waals surface area contributed by atoms with Crippen LogP contribution in [-0.2, 0) is 6.54 Å². The number of phenolic OH excluding ortho intramolecular Hbond substituents is 1. The van der Waals surface area contributed by atoms with Crippen LogP contribution in [0.3, 0.4) is 0 Å². The highest BCUT2D eigenvalue weighted by Crippen LogP contribution is 2.13. The van der Waals surface area contributed by atoms with E-state index in [9.17, 15) is 5.11 Å². The van der Waals surface area contributed by atoms with Crippen LogP contribution in [0.4, 0.5) is 0 Å². The lowest BCUT2D eigenvalue weighted by molar-refractivity contribution is 0.278. The Bertz CT molecular complexity index is 304. The lowest BCUT2D eigenvalue weighted by Gasteiger charge is -2.21. The molecule has 0 radical (unpaired) electrons. The summed E-state index contributed by atoms with van der Waals surface area (Å²) in [6.45, 7) is 5.30. The number of hydrogen-bond acceptors (Lipinski definition) is 2. The summed E-state index contributed by atoms with van der Waals surface area (Å²) in [5, 5.41) is 10.4. The quantitative estimate of drug-likeness (QED) is 0.777. The molecule has 16 heavy (non-hydrogen) atoms. The molecule has 0 aromatic heterocycles. The van der Waals surface area contributed by atoms with Crippen molar-refractivity contribution in [1.29, 1.82) is 0 Å². The Morgan fingerprint density at radius 2 is 2.12 bits per heavy atom. The van der Waals surface area contributed by atoms with Crippen molar-refractivity contribution in [2.75, 3.05) is 18.4 Å². The number of nitrogens with zero attached hydrogens (tertiary/aromatic N) is 1. The minimum atomic E-state index is 0.354. The van der Waals surface area contributed by atoms with Crippen LogP contribution in [0.15, 0.2) is 24.3 Å². The first-order chi connectivity index (χ1) is 7.76. The number of hydrogen-bond donors (Lipinski definition) is 1. The molecule has 1 N–H and O–H groups in total. The molecule has 1 aromatic rings. The topological polar surface area (TPSA) is 23.5 Å². The van der Waals surface area contributed by atoms with Crippen LogP contribution in [0.2, 0.25) is 0 Å². The van der Waals surface area contributed by atoms with Gasteiger partial charge in [-0.2, -0.15) is 0 Å². The predicted molar refractivity (Wildman–Crippen MR) is 72.1 cm³/mol. The van der Waals surface area contributed by atoms with Crippen LogP contribution in [-0.4, -0.2) is 28.4 Å². The molecule has 0 unspecified atom stereocenters. The zero-order valence-corrected chi connectivity index (χ0v) is 11.4.